The van der Waals surface area contributed by atoms with Gasteiger partial charge >= 0.3 is 0 Å². The highest BCUT2D eigenvalue weighted by atomic mass is 16.7. The fourth-order valence-electron chi connectivity index (χ4n) is 2.44. The van der Waals surface area contributed by atoms with Crippen LogP contribution in [0.4, 0.5) is 0 Å². The number of carbonyl (C=O) groups is 1. The zero-order valence-corrected chi connectivity index (χ0v) is 12.7. The Morgan fingerprint density at radius 3 is 2.74 bits per heavy atom. The first kappa shape index (κ1) is 14.8. The summed E-state index contributed by atoms with van der Waals surface area (Å²) in [5.74, 6) is 0.529. The lowest BCUT2D eigenvalue weighted by molar-refractivity contribution is 0.0997. The van der Waals surface area contributed by atoms with Crippen molar-refractivity contribution in [2.45, 2.75) is 13.8 Å². The fraction of sp³-hybridized carbons (Fsp3) is 0.188. The van der Waals surface area contributed by atoms with Crippen LogP contribution >= 0.6 is 0 Å². The van der Waals surface area contributed by atoms with Crippen molar-refractivity contribution < 1.29 is 14.3 Å². The number of ether oxygens (including phenoxy) is 2. The fourth-order valence-corrected chi connectivity index (χ4v) is 2.44. The molecule has 0 aliphatic carbocycles. The number of hydrogen-bond acceptors (Lipinski definition) is 5. The van der Waals surface area contributed by atoms with E-state index in [0.717, 1.165) is 10.2 Å². The van der Waals surface area contributed by atoms with E-state index in [9.17, 15) is 9.59 Å². The third-order valence-corrected chi connectivity index (χ3v) is 3.53. The Balaban J connectivity index is 2.01. The number of hydrogen-bond donors (Lipinski definition) is 1. The van der Waals surface area contributed by atoms with Crippen LogP contribution in [0.25, 0.3) is 0 Å². The van der Waals surface area contributed by atoms with Crippen molar-refractivity contribution in [3.8, 4) is 11.5 Å². The summed E-state index contributed by atoms with van der Waals surface area (Å²) in [6.07, 6.45) is 1.51. The van der Waals surface area contributed by atoms with Gasteiger partial charge in [-0.2, -0.15) is 5.10 Å². The second-order valence-corrected chi connectivity index (χ2v) is 5.18. The lowest BCUT2D eigenvalue weighted by atomic mass is 10.1. The Kier molecular flexibility index (Phi) is 3.61. The maximum atomic E-state index is 12.4. The molecule has 7 heteroatoms. The Hall–Kier alpha value is -3.09. The molecule has 1 aliphatic heterocycles. The van der Waals surface area contributed by atoms with Gasteiger partial charge in [0.15, 0.2) is 11.5 Å². The second-order valence-electron chi connectivity index (χ2n) is 5.18. The van der Waals surface area contributed by atoms with Crippen LogP contribution < -0.4 is 20.8 Å². The van der Waals surface area contributed by atoms with Crippen molar-refractivity contribution in [2.24, 2.45) is 10.8 Å². The third-order valence-electron chi connectivity index (χ3n) is 3.53. The van der Waals surface area contributed by atoms with Gasteiger partial charge in [0.25, 0.3) is 11.5 Å². The van der Waals surface area contributed by atoms with Crippen LogP contribution in [0.15, 0.2) is 34.2 Å². The molecule has 1 aromatic heterocycles. The first-order valence-corrected chi connectivity index (χ1v) is 6.94. The largest absolute Gasteiger partial charge is 0.454 e. The number of benzene rings is 1. The van der Waals surface area contributed by atoms with E-state index >= 15 is 0 Å². The predicted octanol–water partition coefficient (Wildman–Crippen LogP) is 1.17. The molecule has 0 radical (unpaired) electrons. The van der Waals surface area contributed by atoms with Crippen molar-refractivity contribution in [1.82, 2.24) is 4.68 Å². The molecule has 0 unspecified atom stereocenters. The molecule has 0 atom stereocenters. The van der Waals surface area contributed by atoms with E-state index in [4.69, 9.17) is 15.2 Å². The summed E-state index contributed by atoms with van der Waals surface area (Å²) in [6.45, 7) is 3.59. The summed E-state index contributed by atoms with van der Waals surface area (Å²) in [7, 11) is 0. The summed E-state index contributed by atoms with van der Waals surface area (Å²) in [4.78, 5) is 23.8. The molecule has 118 valence electrons. The van der Waals surface area contributed by atoms with E-state index in [1.807, 2.05) is 0 Å². The van der Waals surface area contributed by atoms with Crippen molar-refractivity contribution >= 4 is 12.1 Å². The first-order valence-electron chi connectivity index (χ1n) is 6.94. The topological polar surface area (TPSA) is 95.9 Å². The van der Waals surface area contributed by atoms with Crippen LogP contribution in [0.1, 0.15) is 27.2 Å². The van der Waals surface area contributed by atoms with Crippen LogP contribution in [0.5, 0.6) is 11.5 Å². The molecule has 2 N–H and O–H groups in total. The number of nitrogens with zero attached hydrogens (tertiary/aromatic N) is 2. The van der Waals surface area contributed by atoms with Crippen LogP contribution in [0, 0.1) is 13.8 Å². The summed E-state index contributed by atoms with van der Waals surface area (Å²) in [5, 5.41) is 4.16. The van der Waals surface area contributed by atoms with Gasteiger partial charge in [-0.15, -0.1) is 0 Å². The Labute approximate surface area is 131 Å². The molecular weight excluding hydrogens is 298 g/mol. The normalized spacial score (nSPS) is 12.8. The summed E-state index contributed by atoms with van der Waals surface area (Å²) in [6, 6.07) is 7.01. The van der Waals surface area contributed by atoms with Crippen LogP contribution in [0.3, 0.4) is 0 Å². The van der Waals surface area contributed by atoms with Crippen LogP contribution in [0.2, 0.25) is 0 Å². The maximum Gasteiger partial charge on any atom is 0.284 e. The molecule has 1 aromatic carbocycles. The number of primary amides is 1. The highest BCUT2D eigenvalue weighted by Gasteiger charge is 2.15. The molecule has 2 heterocycles. The van der Waals surface area contributed by atoms with E-state index in [1.165, 1.54) is 6.21 Å². The minimum absolute atomic E-state index is 0.0570. The van der Waals surface area contributed by atoms with Crippen molar-refractivity contribution in [3.05, 3.63) is 57.0 Å². The third kappa shape index (κ3) is 2.68. The Morgan fingerprint density at radius 1 is 1.26 bits per heavy atom. The molecule has 23 heavy (non-hydrogen) atoms. The molecule has 1 aliphatic rings. The quantitative estimate of drug-likeness (QED) is 0.860. The molecule has 0 spiro atoms. The van der Waals surface area contributed by atoms with E-state index < -0.39 is 11.5 Å². The number of amides is 1. The van der Waals surface area contributed by atoms with Gasteiger partial charge in [-0.1, -0.05) is 0 Å². The smallest absolute Gasteiger partial charge is 0.284 e. The number of pyridine rings is 1. The zero-order valence-electron chi connectivity index (χ0n) is 12.7. The second kappa shape index (κ2) is 5.60. The minimum Gasteiger partial charge on any atom is -0.454 e. The number of carbonyl (C=O) groups excluding carboxylic acids is 1. The summed E-state index contributed by atoms with van der Waals surface area (Å²) < 4.78 is 11.7. The van der Waals surface area contributed by atoms with Gasteiger partial charge in [-0.25, -0.2) is 4.68 Å². The lowest BCUT2D eigenvalue weighted by Crippen LogP contribution is -2.30. The SMILES string of the molecule is Cc1cc(C)n(N=Cc2ccc3c(c2)OCO3)c(=O)c1C(N)=O. The van der Waals surface area contributed by atoms with Crippen molar-refractivity contribution in [2.75, 3.05) is 6.79 Å². The number of aromatic nitrogens is 1. The zero-order chi connectivity index (χ0) is 16.6. The van der Waals surface area contributed by atoms with Crippen LogP contribution in [-0.4, -0.2) is 23.6 Å². The van der Waals surface area contributed by atoms with Gasteiger partial charge in [-0.3, -0.25) is 9.59 Å². The first-order chi connectivity index (χ1) is 11.0. The molecule has 0 fully saturated rings. The van der Waals surface area contributed by atoms with Gasteiger partial charge in [0.2, 0.25) is 6.79 Å². The molecule has 0 saturated carbocycles. The van der Waals surface area contributed by atoms with Crippen molar-refractivity contribution in [3.63, 3.8) is 0 Å². The van der Waals surface area contributed by atoms with Crippen LogP contribution in [-0.2, 0) is 0 Å². The number of aryl methyl sites for hydroxylation is 2. The molecule has 0 saturated heterocycles. The molecule has 0 bridgehead atoms. The standard InChI is InChI=1S/C16H15N3O4/c1-9-5-10(2)19(16(21)14(9)15(17)20)18-7-11-3-4-12-13(6-11)23-8-22-12/h3-7H,8H2,1-2H3,(H2,17,20). The number of rotatable bonds is 3. The minimum atomic E-state index is -0.764. The van der Waals surface area contributed by atoms with Gasteiger partial charge in [0.1, 0.15) is 5.56 Å². The monoisotopic (exact) mass is 313 g/mol. The summed E-state index contributed by atoms with van der Waals surface area (Å²) in [5.41, 5.74) is 6.56. The highest BCUT2D eigenvalue weighted by Crippen LogP contribution is 2.31. The van der Waals surface area contributed by atoms with Gasteiger partial charge in [0.05, 0.1) is 6.21 Å². The van der Waals surface area contributed by atoms with E-state index in [0.29, 0.717) is 22.8 Å². The van der Waals surface area contributed by atoms with E-state index in [-0.39, 0.29) is 12.4 Å². The van der Waals surface area contributed by atoms with Crippen molar-refractivity contribution in [1.29, 1.82) is 0 Å². The maximum absolute atomic E-state index is 12.4. The van der Waals surface area contributed by atoms with Gasteiger partial charge in [0, 0.05) is 5.69 Å². The van der Waals surface area contributed by atoms with Gasteiger partial charge < -0.3 is 15.2 Å². The van der Waals surface area contributed by atoms with E-state index in [2.05, 4.69) is 5.10 Å². The average Bonchev–Trinajstić information content (AvgIpc) is 2.93. The Bertz CT molecular complexity index is 884. The molecule has 7 nitrogen and oxygen atoms in total. The lowest BCUT2D eigenvalue weighted by Gasteiger charge is -2.08. The molecule has 1 amide bonds. The molecular formula is C16H15N3O4. The summed E-state index contributed by atoms with van der Waals surface area (Å²) >= 11 is 0. The number of nitrogens with two attached hydrogens (primary N) is 1. The van der Waals surface area contributed by atoms with E-state index in [1.54, 1.807) is 38.1 Å². The predicted molar refractivity (Wildman–Crippen MR) is 84.3 cm³/mol. The Morgan fingerprint density at radius 2 is 2.00 bits per heavy atom. The molecule has 2 aromatic rings. The highest BCUT2D eigenvalue weighted by molar-refractivity contribution is 5.94. The molecule has 3 rings (SSSR count). The van der Waals surface area contributed by atoms with Gasteiger partial charge in [-0.05, 0) is 49.2 Å². The average molecular weight is 313 g/mol. The number of fused-ring (bicyclic) bond motifs is 1.